The summed E-state index contributed by atoms with van der Waals surface area (Å²) in [6, 6.07) is 17.6. The molecule has 4 aromatic rings. The first-order valence-electron chi connectivity index (χ1n) is 9.00. The van der Waals surface area contributed by atoms with Crippen LogP contribution in [-0.2, 0) is 6.54 Å². The van der Waals surface area contributed by atoms with Gasteiger partial charge in [-0.05, 0) is 61.4 Å². The van der Waals surface area contributed by atoms with Crippen molar-refractivity contribution in [2.75, 3.05) is 5.32 Å². The van der Waals surface area contributed by atoms with Gasteiger partial charge in [0.05, 0.1) is 17.1 Å². The second kappa shape index (κ2) is 7.78. The van der Waals surface area contributed by atoms with Crippen LogP contribution in [0.5, 0.6) is 0 Å². The normalized spacial score (nSPS) is 10.8. The van der Waals surface area contributed by atoms with Crippen molar-refractivity contribution in [3.63, 3.8) is 0 Å². The summed E-state index contributed by atoms with van der Waals surface area (Å²) >= 11 is 1.49. The Morgan fingerprint density at radius 3 is 2.57 bits per heavy atom. The van der Waals surface area contributed by atoms with E-state index in [4.69, 9.17) is 0 Å². The molecule has 1 amide bonds. The van der Waals surface area contributed by atoms with Crippen LogP contribution in [0, 0.1) is 13.8 Å². The highest BCUT2D eigenvalue weighted by Gasteiger charge is 2.11. The van der Waals surface area contributed by atoms with Crippen molar-refractivity contribution in [1.82, 2.24) is 14.8 Å². The molecule has 0 unspecified atom stereocenters. The Kier molecular flexibility index (Phi) is 5.04. The summed E-state index contributed by atoms with van der Waals surface area (Å²) in [6.45, 7) is 4.70. The van der Waals surface area contributed by atoms with Crippen molar-refractivity contribution >= 4 is 22.9 Å². The molecular weight excluding hydrogens is 368 g/mol. The number of amides is 1. The minimum atomic E-state index is -0.0984. The quantitative estimate of drug-likeness (QED) is 0.528. The number of anilines is 1. The van der Waals surface area contributed by atoms with Crippen LogP contribution < -0.4 is 5.32 Å². The number of nitrogens with one attached hydrogen (secondary N) is 1. The molecule has 0 aliphatic heterocycles. The molecule has 5 nitrogen and oxygen atoms in total. The van der Waals surface area contributed by atoms with E-state index in [0.29, 0.717) is 11.4 Å². The number of rotatable bonds is 5. The van der Waals surface area contributed by atoms with Gasteiger partial charge in [-0.2, -0.15) is 5.10 Å². The van der Waals surface area contributed by atoms with Crippen LogP contribution in [0.3, 0.4) is 0 Å². The summed E-state index contributed by atoms with van der Waals surface area (Å²) < 4.78 is 1.96. The minimum Gasteiger partial charge on any atom is -0.321 e. The predicted molar refractivity (Wildman–Crippen MR) is 113 cm³/mol. The van der Waals surface area contributed by atoms with E-state index >= 15 is 0 Å². The van der Waals surface area contributed by atoms with Crippen molar-refractivity contribution in [1.29, 1.82) is 0 Å². The molecule has 28 heavy (non-hydrogen) atoms. The maximum Gasteiger partial charge on any atom is 0.265 e. The average Bonchev–Trinajstić information content (AvgIpc) is 3.29. The van der Waals surface area contributed by atoms with Crippen molar-refractivity contribution in [2.24, 2.45) is 0 Å². The Bertz CT molecular complexity index is 1100. The third-order valence-electron chi connectivity index (χ3n) is 4.43. The maximum absolute atomic E-state index is 12.6. The third kappa shape index (κ3) is 4.02. The number of benzene rings is 1. The van der Waals surface area contributed by atoms with Crippen LogP contribution in [0.15, 0.2) is 67.0 Å². The van der Waals surface area contributed by atoms with Gasteiger partial charge in [0.15, 0.2) is 0 Å². The van der Waals surface area contributed by atoms with Crippen molar-refractivity contribution in [3.05, 3.63) is 88.1 Å². The van der Waals surface area contributed by atoms with Gasteiger partial charge in [0.1, 0.15) is 0 Å². The van der Waals surface area contributed by atoms with Crippen molar-refractivity contribution in [2.45, 2.75) is 20.4 Å². The molecule has 1 aromatic carbocycles. The Labute approximate surface area is 167 Å². The molecule has 0 spiro atoms. The monoisotopic (exact) mass is 388 g/mol. The number of thiophene rings is 1. The Hall–Kier alpha value is -3.25. The summed E-state index contributed by atoms with van der Waals surface area (Å²) in [5.74, 6) is -0.0984. The lowest BCUT2D eigenvalue weighted by Gasteiger charge is -2.06. The second-order valence-corrected chi connectivity index (χ2v) is 7.79. The number of carbonyl (C=O) groups excluding carboxylic acids is 1. The molecule has 0 atom stereocenters. The SMILES string of the molecule is Cc1cc(C)n(Cc2ccc(C(=O)Nc3ccc(-c4cccnc4)cc3)s2)n1. The van der Waals surface area contributed by atoms with E-state index in [1.807, 2.05) is 73.3 Å². The first-order chi connectivity index (χ1) is 13.6. The molecule has 0 aliphatic rings. The number of pyridine rings is 1. The highest BCUT2D eigenvalue weighted by atomic mass is 32.1. The fraction of sp³-hybridized carbons (Fsp3) is 0.136. The zero-order chi connectivity index (χ0) is 19.5. The van der Waals surface area contributed by atoms with Crippen LogP contribution in [0.1, 0.15) is 25.9 Å². The number of hydrogen-bond acceptors (Lipinski definition) is 4. The van der Waals surface area contributed by atoms with Crippen molar-refractivity contribution in [3.8, 4) is 11.1 Å². The number of nitrogens with zero attached hydrogens (tertiary/aromatic N) is 3. The van der Waals surface area contributed by atoms with Crippen molar-refractivity contribution < 1.29 is 4.79 Å². The van der Waals surface area contributed by atoms with Gasteiger partial charge in [-0.3, -0.25) is 14.5 Å². The number of aromatic nitrogens is 3. The first kappa shape index (κ1) is 18.1. The van der Waals surface area contributed by atoms with Gasteiger partial charge in [0.2, 0.25) is 0 Å². The summed E-state index contributed by atoms with van der Waals surface area (Å²) in [5.41, 5.74) is 5.00. The molecule has 0 fully saturated rings. The van der Waals surface area contributed by atoms with Crippen LogP contribution in [0.2, 0.25) is 0 Å². The van der Waals surface area contributed by atoms with Gasteiger partial charge in [0.25, 0.3) is 5.91 Å². The van der Waals surface area contributed by atoms with Gasteiger partial charge >= 0.3 is 0 Å². The summed E-state index contributed by atoms with van der Waals surface area (Å²) in [7, 11) is 0. The smallest absolute Gasteiger partial charge is 0.265 e. The Morgan fingerprint density at radius 2 is 1.89 bits per heavy atom. The zero-order valence-corrected chi connectivity index (χ0v) is 16.5. The van der Waals surface area contributed by atoms with Gasteiger partial charge in [-0.25, -0.2) is 0 Å². The predicted octanol–water partition coefficient (Wildman–Crippen LogP) is 4.92. The van der Waals surface area contributed by atoms with Gasteiger partial charge < -0.3 is 5.32 Å². The Morgan fingerprint density at radius 1 is 1.07 bits per heavy atom. The third-order valence-corrected chi connectivity index (χ3v) is 5.50. The molecule has 3 heterocycles. The lowest BCUT2D eigenvalue weighted by Crippen LogP contribution is -2.09. The highest BCUT2D eigenvalue weighted by Crippen LogP contribution is 2.23. The van der Waals surface area contributed by atoms with Gasteiger partial charge in [-0.1, -0.05) is 18.2 Å². The second-order valence-electron chi connectivity index (χ2n) is 6.62. The molecule has 0 bridgehead atoms. The standard InChI is InChI=1S/C22H20N4OS/c1-15-12-16(2)26(25-15)14-20-9-10-21(28-20)22(27)24-19-7-5-17(6-8-19)18-4-3-11-23-13-18/h3-13H,14H2,1-2H3,(H,24,27). The lowest BCUT2D eigenvalue weighted by atomic mass is 10.1. The molecule has 4 rings (SSSR count). The molecule has 1 N–H and O–H groups in total. The van der Waals surface area contributed by atoms with E-state index in [0.717, 1.165) is 33.1 Å². The topological polar surface area (TPSA) is 59.8 Å². The highest BCUT2D eigenvalue weighted by molar-refractivity contribution is 7.14. The van der Waals surface area contributed by atoms with E-state index in [-0.39, 0.29) is 5.91 Å². The molecule has 140 valence electrons. The van der Waals surface area contributed by atoms with E-state index in [1.165, 1.54) is 11.3 Å². The summed E-state index contributed by atoms with van der Waals surface area (Å²) in [6.07, 6.45) is 3.58. The van der Waals surface area contributed by atoms with Crippen LogP contribution in [-0.4, -0.2) is 20.7 Å². The fourth-order valence-corrected chi connectivity index (χ4v) is 3.92. The van der Waals surface area contributed by atoms with E-state index in [2.05, 4.69) is 21.5 Å². The molecule has 0 saturated carbocycles. The van der Waals surface area contributed by atoms with Gasteiger partial charge in [-0.15, -0.1) is 11.3 Å². The van der Waals surface area contributed by atoms with Crippen LogP contribution in [0.4, 0.5) is 5.69 Å². The molecule has 0 aliphatic carbocycles. The maximum atomic E-state index is 12.6. The van der Waals surface area contributed by atoms with E-state index in [9.17, 15) is 4.79 Å². The van der Waals surface area contributed by atoms with Crippen LogP contribution >= 0.6 is 11.3 Å². The average molecular weight is 388 g/mol. The largest absolute Gasteiger partial charge is 0.321 e. The molecule has 0 radical (unpaired) electrons. The number of hydrogen-bond donors (Lipinski definition) is 1. The molecule has 0 saturated heterocycles. The van der Waals surface area contributed by atoms with E-state index in [1.54, 1.807) is 6.20 Å². The van der Waals surface area contributed by atoms with E-state index < -0.39 is 0 Å². The fourth-order valence-electron chi connectivity index (χ4n) is 3.04. The molecule has 3 aromatic heterocycles. The molecule has 6 heteroatoms. The summed E-state index contributed by atoms with van der Waals surface area (Å²) in [5, 5.41) is 7.44. The van der Waals surface area contributed by atoms with Crippen LogP contribution in [0.25, 0.3) is 11.1 Å². The number of aryl methyl sites for hydroxylation is 2. The minimum absolute atomic E-state index is 0.0984. The van der Waals surface area contributed by atoms with Gasteiger partial charge in [0, 0.05) is 28.7 Å². The zero-order valence-electron chi connectivity index (χ0n) is 15.7. The Balaban J connectivity index is 1.43. The number of carbonyl (C=O) groups is 1. The summed E-state index contributed by atoms with van der Waals surface area (Å²) in [4.78, 5) is 18.5. The first-order valence-corrected chi connectivity index (χ1v) is 9.82. The molecular formula is C22H20N4OS. The lowest BCUT2D eigenvalue weighted by molar-refractivity contribution is 0.103.